The van der Waals surface area contributed by atoms with Gasteiger partial charge in [-0.3, -0.25) is 4.79 Å². The van der Waals surface area contributed by atoms with E-state index in [-0.39, 0.29) is 16.8 Å². The SMILES string of the molecule is O=c1cc(-c2cc(Cl)ccc2F)nc[nH]1. The fourth-order valence-electron chi connectivity index (χ4n) is 1.21. The van der Waals surface area contributed by atoms with E-state index >= 15 is 0 Å². The summed E-state index contributed by atoms with van der Waals surface area (Å²) in [4.78, 5) is 17.2. The van der Waals surface area contributed by atoms with E-state index in [4.69, 9.17) is 11.6 Å². The van der Waals surface area contributed by atoms with Crippen LogP contribution in [0, 0.1) is 5.82 Å². The van der Waals surface area contributed by atoms with Gasteiger partial charge in [0.25, 0.3) is 5.56 Å². The largest absolute Gasteiger partial charge is 0.313 e. The number of nitrogens with zero attached hydrogens (tertiary/aromatic N) is 1. The average molecular weight is 225 g/mol. The summed E-state index contributed by atoms with van der Waals surface area (Å²) in [5.41, 5.74) is 0.145. The molecule has 0 atom stereocenters. The lowest BCUT2D eigenvalue weighted by atomic mass is 10.1. The maximum Gasteiger partial charge on any atom is 0.251 e. The summed E-state index contributed by atoms with van der Waals surface area (Å²) in [5, 5.41) is 0.397. The summed E-state index contributed by atoms with van der Waals surface area (Å²) in [6.07, 6.45) is 1.22. The van der Waals surface area contributed by atoms with Gasteiger partial charge in [-0.05, 0) is 18.2 Å². The highest BCUT2D eigenvalue weighted by atomic mass is 35.5. The summed E-state index contributed by atoms with van der Waals surface area (Å²) in [6.45, 7) is 0. The molecule has 0 saturated heterocycles. The molecule has 0 unspecified atom stereocenters. The number of H-pyrrole nitrogens is 1. The van der Waals surface area contributed by atoms with Crippen molar-refractivity contribution in [1.29, 1.82) is 0 Å². The Bertz CT molecular complexity index is 553. The van der Waals surface area contributed by atoms with Crippen LogP contribution in [0.2, 0.25) is 5.02 Å². The molecule has 0 fully saturated rings. The Kier molecular flexibility index (Phi) is 2.51. The normalized spacial score (nSPS) is 10.3. The highest BCUT2D eigenvalue weighted by Gasteiger charge is 2.07. The van der Waals surface area contributed by atoms with Crippen LogP contribution in [0.3, 0.4) is 0 Å². The van der Waals surface area contributed by atoms with E-state index in [1.54, 1.807) is 0 Å². The Balaban J connectivity index is 2.63. The van der Waals surface area contributed by atoms with Crippen LogP contribution >= 0.6 is 11.6 Å². The molecule has 5 heteroatoms. The van der Waals surface area contributed by atoms with Gasteiger partial charge in [0, 0.05) is 16.7 Å². The second-order valence-corrected chi connectivity index (χ2v) is 3.36. The molecule has 1 aromatic carbocycles. The van der Waals surface area contributed by atoms with Crippen LogP contribution < -0.4 is 5.56 Å². The van der Waals surface area contributed by atoms with E-state index in [1.165, 1.54) is 30.6 Å². The first-order valence-electron chi connectivity index (χ1n) is 4.17. The van der Waals surface area contributed by atoms with Crippen LogP contribution in [-0.2, 0) is 0 Å². The fraction of sp³-hybridized carbons (Fsp3) is 0. The lowest BCUT2D eigenvalue weighted by molar-refractivity contribution is 0.630. The van der Waals surface area contributed by atoms with E-state index < -0.39 is 5.82 Å². The second kappa shape index (κ2) is 3.82. The van der Waals surface area contributed by atoms with Crippen LogP contribution in [0.25, 0.3) is 11.3 Å². The molecule has 0 saturated carbocycles. The Labute approximate surface area is 89.6 Å². The van der Waals surface area contributed by atoms with Gasteiger partial charge in [0.1, 0.15) is 5.82 Å². The summed E-state index contributed by atoms with van der Waals surface area (Å²) in [5.74, 6) is -0.461. The van der Waals surface area contributed by atoms with Crippen molar-refractivity contribution >= 4 is 11.6 Å². The van der Waals surface area contributed by atoms with Crippen molar-refractivity contribution in [2.45, 2.75) is 0 Å². The molecule has 0 amide bonds. The lowest BCUT2D eigenvalue weighted by Crippen LogP contribution is -2.04. The monoisotopic (exact) mass is 224 g/mol. The zero-order valence-corrected chi connectivity index (χ0v) is 8.25. The molecule has 0 bridgehead atoms. The third-order valence-electron chi connectivity index (χ3n) is 1.88. The first-order chi connectivity index (χ1) is 7.16. The molecule has 3 nitrogen and oxygen atoms in total. The van der Waals surface area contributed by atoms with Crippen molar-refractivity contribution in [3.05, 3.63) is 51.8 Å². The van der Waals surface area contributed by atoms with Crippen molar-refractivity contribution in [2.24, 2.45) is 0 Å². The Morgan fingerprint density at radius 2 is 2.13 bits per heavy atom. The number of hydrogen-bond donors (Lipinski definition) is 1. The minimum absolute atomic E-state index is 0.216. The molecular formula is C10H6ClFN2O. The summed E-state index contributed by atoms with van der Waals surface area (Å²) >= 11 is 5.73. The standard InChI is InChI=1S/C10H6ClFN2O/c11-6-1-2-8(12)7(3-6)9-4-10(15)14-5-13-9/h1-5H,(H,13,14,15). The number of aromatic nitrogens is 2. The van der Waals surface area contributed by atoms with Gasteiger partial charge in [-0.15, -0.1) is 0 Å². The minimum Gasteiger partial charge on any atom is -0.313 e. The Hall–Kier alpha value is -1.68. The van der Waals surface area contributed by atoms with Crippen LogP contribution in [0.5, 0.6) is 0 Å². The smallest absolute Gasteiger partial charge is 0.251 e. The zero-order valence-electron chi connectivity index (χ0n) is 7.50. The summed E-state index contributed by atoms with van der Waals surface area (Å²) in [7, 11) is 0. The Morgan fingerprint density at radius 1 is 1.33 bits per heavy atom. The molecule has 76 valence electrons. The van der Waals surface area contributed by atoms with E-state index in [0.29, 0.717) is 5.02 Å². The molecule has 2 rings (SSSR count). The first kappa shape index (κ1) is 9.86. The molecule has 1 aromatic heterocycles. The van der Waals surface area contributed by atoms with Crippen LogP contribution in [-0.4, -0.2) is 9.97 Å². The van der Waals surface area contributed by atoms with Crippen molar-refractivity contribution in [2.75, 3.05) is 0 Å². The van der Waals surface area contributed by atoms with Gasteiger partial charge in [-0.2, -0.15) is 0 Å². The van der Waals surface area contributed by atoms with Gasteiger partial charge in [0.2, 0.25) is 0 Å². The van der Waals surface area contributed by atoms with Crippen molar-refractivity contribution < 1.29 is 4.39 Å². The molecule has 2 aromatic rings. The summed E-state index contributed by atoms with van der Waals surface area (Å²) < 4.78 is 13.4. The van der Waals surface area contributed by atoms with Crippen LogP contribution in [0.1, 0.15) is 0 Å². The molecule has 0 radical (unpaired) electrons. The average Bonchev–Trinajstić information content (AvgIpc) is 2.22. The molecule has 15 heavy (non-hydrogen) atoms. The number of halogens is 2. The fourth-order valence-corrected chi connectivity index (χ4v) is 1.38. The van der Waals surface area contributed by atoms with Gasteiger partial charge >= 0.3 is 0 Å². The topological polar surface area (TPSA) is 45.8 Å². The first-order valence-corrected chi connectivity index (χ1v) is 4.55. The Morgan fingerprint density at radius 3 is 2.87 bits per heavy atom. The van der Waals surface area contributed by atoms with Gasteiger partial charge in [0.05, 0.1) is 12.0 Å². The summed E-state index contributed by atoms with van der Waals surface area (Å²) in [6, 6.07) is 5.32. The van der Waals surface area contributed by atoms with Crippen molar-refractivity contribution in [3.8, 4) is 11.3 Å². The van der Waals surface area contributed by atoms with E-state index in [2.05, 4.69) is 9.97 Å². The van der Waals surface area contributed by atoms with E-state index in [1.807, 2.05) is 0 Å². The van der Waals surface area contributed by atoms with Gasteiger partial charge in [-0.25, -0.2) is 9.37 Å². The number of rotatable bonds is 1. The molecule has 0 aliphatic rings. The lowest BCUT2D eigenvalue weighted by Gasteiger charge is -2.01. The molecule has 0 aliphatic carbocycles. The zero-order chi connectivity index (χ0) is 10.8. The number of benzene rings is 1. The van der Waals surface area contributed by atoms with Gasteiger partial charge < -0.3 is 4.98 Å². The number of nitrogens with one attached hydrogen (secondary N) is 1. The third-order valence-corrected chi connectivity index (χ3v) is 2.12. The predicted molar refractivity (Wildman–Crippen MR) is 55.3 cm³/mol. The van der Waals surface area contributed by atoms with Crippen molar-refractivity contribution in [1.82, 2.24) is 9.97 Å². The van der Waals surface area contributed by atoms with Crippen LogP contribution in [0.15, 0.2) is 35.4 Å². The minimum atomic E-state index is -0.461. The number of aromatic amines is 1. The van der Waals surface area contributed by atoms with Gasteiger partial charge in [0.15, 0.2) is 0 Å². The predicted octanol–water partition coefficient (Wildman–Crippen LogP) is 2.23. The molecule has 1 N–H and O–H groups in total. The second-order valence-electron chi connectivity index (χ2n) is 2.92. The maximum atomic E-state index is 13.4. The molecule has 0 spiro atoms. The quantitative estimate of drug-likeness (QED) is 0.808. The molecule has 0 aliphatic heterocycles. The van der Waals surface area contributed by atoms with Gasteiger partial charge in [-0.1, -0.05) is 11.6 Å². The maximum absolute atomic E-state index is 13.4. The molecule has 1 heterocycles. The van der Waals surface area contributed by atoms with E-state index in [0.717, 1.165) is 0 Å². The highest BCUT2D eigenvalue weighted by molar-refractivity contribution is 6.30. The highest BCUT2D eigenvalue weighted by Crippen LogP contribution is 2.22. The van der Waals surface area contributed by atoms with E-state index in [9.17, 15) is 9.18 Å². The van der Waals surface area contributed by atoms with Crippen molar-refractivity contribution in [3.63, 3.8) is 0 Å². The number of hydrogen-bond acceptors (Lipinski definition) is 2. The molecular weight excluding hydrogens is 219 g/mol. The van der Waals surface area contributed by atoms with Crippen LogP contribution in [0.4, 0.5) is 4.39 Å². The third kappa shape index (κ3) is 2.05.